The normalized spacial score (nSPS) is 19.2. The molecule has 2 amide bonds. The fourth-order valence-electron chi connectivity index (χ4n) is 1.75. The predicted molar refractivity (Wildman–Crippen MR) is 61.0 cm³/mol. The number of anilines is 1. The van der Waals surface area contributed by atoms with Crippen LogP contribution in [0.1, 0.15) is 16.8 Å². The van der Waals surface area contributed by atoms with E-state index < -0.39 is 12.0 Å². The van der Waals surface area contributed by atoms with Gasteiger partial charge in [0.1, 0.15) is 6.04 Å². The van der Waals surface area contributed by atoms with Crippen molar-refractivity contribution in [1.82, 2.24) is 9.88 Å². The number of imide groups is 1. The van der Waals surface area contributed by atoms with Crippen LogP contribution in [-0.4, -0.2) is 45.9 Å². The second kappa shape index (κ2) is 4.44. The van der Waals surface area contributed by atoms with Crippen LogP contribution in [0.3, 0.4) is 0 Å². The van der Waals surface area contributed by atoms with Crippen LogP contribution in [0.4, 0.5) is 5.69 Å². The quantitative estimate of drug-likeness (QED) is 0.728. The molecule has 1 aliphatic rings. The maximum Gasteiger partial charge on any atom is 0.337 e. The lowest BCUT2D eigenvalue weighted by atomic mass is 10.2. The second-order valence-corrected chi connectivity index (χ2v) is 3.92. The summed E-state index contributed by atoms with van der Waals surface area (Å²) in [4.78, 5) is 38.8. The van der Waals surface area contributed by atoms with Gasteiger partial charge in [-0.2, -0.15) is 0 Å². The van der Waals surface area contributed by atoms with Gasteiger partial charge in [0, 0.05) is 13.2 Å². The number of likely N-dealkylation sites (tertiary alicyclic amines) is 1. The molecule has 0 saturated carbocycles. The Hall–Kier alpha value is -2.44. The third kappa shape index (κ3) is 2.02. The Morgan fingerprint density at radius 1 is 1.56 bits per heavy atom. The lowest BCUT2D eigenvalue weighted by molar-refractivity contribution is -0.136. The number of carbonyl (C=O) groups is 3. The Kier molecular flexibility index (Phi) is 2.97. The van der Waals surface area contributed by atoms with Gasteiger partial charge in [0.2, 0.25) is 5.91 Å². The zero-order valence-electron chi connectivity index (χ0n) is 9.58. The number of carboxylic acid groups (broad SMARTS) is 1. The highest BCUT2D eigenvalue weighted by molar-refractivity contribution is 6.07. The van der Waals surface area contributed by atoms with Crippen molar-refractivity contribution in [3.05, 3.63) is 24.0 Å². The lowest BCUT2D eigenvalue weighted by Gasteiger charge is -2.13. The van der Waals surface area contributed by atoms with Gasteiger partial charge in [0.05, 0.1) is 23.9 Å². The Bertz CT molecular complexity index is 529. The van der Waals surface area contributed by atoms with Gasteiger partial charge in [0.15, 0.2) is 0 Å². The lowest BCUT2D eigenvalue weighted by Crippen LogP contribution is -2.32. The molecule has 1 saturated heterocycles. The molecule has 1 aromatic rings. The van der Waals surface area contributed by atoms with Crippen LogP contribution >= 0.6 is 0 Å². The van der Waals surface area contributed by atoms with Crippen molar-refractivity contribution in [3.8, 4) is 0 Å². The fraction of sp³-hybridized carbons (Fsp3) is 0.273. The number of carbonyl (C=O) groups excluding carboxylic acids is 2. The maximum atomic E-state index is 11.7. The second-order valence-electron chi connectivity index (χ2n) is 3.92. The van der Waals surface area contributed by atoms with Gasteiger partial charge in [-0.3, -0.25) is 19.5 Å². The van der Waals surface area contributed by atoms with E-state index in [-0.39, 0.29) is 29.5 Å². The molecule has 1 aliphatic heterocycles. The minimum Gasteiger partial charge on any atom is -0.478 e. The number of hydrogen-bond donors (Lipinski definition) is 2. The average Bonchev–Trinajstić information content (AvgIpc) is 2.57. The van der Waals surface area contributed by atoms with Gasteiger partial charge in [0.25, 0.3) is 5.91 Å². The summed E-state index contributed by atoms with van der Waals surface area (Å²) in [6.07, 6.45) is 2.69. The minimum absolute atomic E-state index is 0.0137. The molecule has 0 spiro atoms. The summed E-state index contributed by atoms with van der Waals surface area (Å²) in [6.45, 7) is 0. The molecule has 0 aliphatic carbocycles. The molecule has 0 aromatic carbocycles. The summed E-state index contributed by atoms with van der Waals surface area (Å²) >= 11 is 0. The number of rotatable bonds is 3. The van der Waals surface area contributed by atoms with E-state index in [0.29, 0.717) is 0 Å². The summed E-state index contributed by atoms with van der Waals surface area (Å²) in [6, 6.07) is 0.597. The monoisotopic (exact) mass is 249 g/mol. The number of amides is 2. The molecule has 2 N–H and O–H groups in total. The van der Waals surface area contributed by atoms with E-state index in [4.69, 9.17) is 5.11 Å². The van der Waals surface area contributed by atoms with Gasteiger partial charge in [-0.1, -0.05) is 0 Å². The largest absolute Gasteiger partial charge is 0.478 e. The molecular formula is C11H11N3O4. The topological polar surface area (TPSA) is 99.6 Å². The number of aromatic nitrogens is 1. The van der Waals surface area contributed by atoms with Crippen LogP contribution in [0, 0.1) is 0 Å². The summed E-state index contributed by atoms with van der Waals surface area (Å²) in [7, 11) is 1.40. The molecule has 18 heavy (non-hydrogen) atoms. The molecule has 0 bridgehead atoms. The van der Waals surface area contributed by atoms with E-state index in [2.05, 4.69) is 10.3 Å². The molecule has 2 rings (SSSR count). The number of nitrogens with one attached hydrogen (secondary N) is 1. The number of nitrogens with zero attached hydrogens (tertiary/aromatic N) is 2. The third-order valence-electron chi connectivity index (χ3n) is 2.76. The number of hydrogen-bond acceptors (Lipinski definition) is 5. The third-order valence-corrected chi connectivity index (χ3v) is 2.76. The molecular weight excluding hydrogens is 238 g/mol. The zero-order chi connectivity index (χ0) is 13.3. The highest BCUT2D eigenvalue weighted by Crippen LogP contribution is 2.19. The van der Waals surface area contributed by atoms with Crippen molar-refractivity contribution in [2.75, 3.05) is 12.4 Å². The standard InChI is InChI=1S/C11H11N3O4/c1-14-9(15)4-7(10(14)16)13-8-5-12-3-2-6(8)11(17)18/h2-3,5,7,13H,4H2,1H3,(H,17,18). The highest BCUT2D eigenvalue weighted by atomic mass is 16.4. The Morgan fingerprint density at radius 3 is 2.83 bits per heavy atom. The van der Waals surface area contributed by atoms with E-state index in [9.17, 15) is 14.4 Å². The van der Waals surface area contributed by atoms with Crippen LogP contribution in [0.5, 0.6) is 0 Å². The van der Waals surface area contributed by atoms with Gasteiger partial charge in [-0.25, -0.2) is 4.79 Å². The predicted octanol–water partition coefficient (Wildman–Crippen LogP) is -0.0510. The summed E-state index contributed by atoms with van der Waals surface area (Å²) in [5.74, 6) is -1.79. The van der Waals surface area contributed by atoms with Crippen LogP contribution in [0.2, 0.25) is 0 Å². The van der Waals surface area contributed by atoms with Crippen LogP contribution in [0.25, 0.3) is 0 Å². The number of pyridine rings is 1. The molecule has 2 heterocycles. The van der Waals surface area contributed by atoms with E-state index in [0.717, 1.165) is 4.90 Å². The van der Waals surface area contributed by atoms with Crippen molar-refractivity contribution in [2.24, 2.45) is 0 Å². The molecule has 1 unspecified atom stereocenters. The number of aromatic carboxylic acids is 1. The molecule has 1 fully saturated rings. The molecule has 1 aromatic heterocycles. The van der Waals surface area contributed by atoms with Crippen molar-refractivity contribution in [3.63, 3.8) is 0 Å². The first-order chi connectivity index (χ1) is 8.50. The summed E-state index contributed by atoms with van der Waals surface area (Å²) < 4.78 is 0. The molecule has 7 nitrogen and oxygen atoms in total. The molecule has 94 valence electrons. The first-order valence-electron chi connectivity index (χ1n) is 5.25. The van der Waals surface area contributed by atoms with E-state index >= 15 is 0 Å². The van der Waals surface area contributed by atoms with Gasteiger partial charge < -0.3 is 10.4 Å². The fourth-order valence-corrected chi connectivity index (χ4v) is 1.75. The van der Waals surface area contributed by atoms with Gasteiger partial charge >= 0.3 is 5.97 Å². The molecule has 0 radical (unpaired) electrons. The van der Waals surface area contributed by atoms with Crippen LogP contribution in [-0.2, 0) is 9.59 Å². The number of likely N-dealkylation sites (N-methyl/N-ethyl adjacent to an activating group) is 1. The first-order valence-corrected chi connectivity index (χ1v) is 5.25. The van der Waals surface area contributed by atoms with E-state index in [1.807, 2.05) is 0 Å². The van der Waals surface area contributed by atoms with Crippen molar-refractivity contribution in [1.29, 1.82) is 0 Å². The van der Waals surface area contributed by atoms with Crippen molar-refractivity contribution < 1.29 is 19.5 Å². The van der Waals surface area contributed by atoms with E-state index in [1.54, 1.807) is 0 Å². The Morgan fingerprint density at radius 2 is 2.28 bits per heavy atom. The van der Waals surface area contributed by atoms with Crippen molar-refractivity contribution >= 4 is 23.5 Å². The Balaban J connectivity index is 2.23. The van der Waals surface area contributed by atoms with E-state index in [1.165, 1.54) is 25.5 Å². The minimum atomic E-state index is -1.12. The maximum absolute atomic E-state index is 11.7. The summed E-state index contributed by atoms with van der Waals surface area (Å²) in [5, 5.41) is 11.7. The van der Waals surface area contributed by atoms with Crippen molar-refractivity contribution in [2.45, 2.75) is 12.5 Å². The Labute approximate surface area is 102 Å². The highest BCUT2D eigenvalue weighted by Gasteiger charge is 2.36. The van der Waals surface area contributed by atoms with Crippen LogP contribution < -0.4 is 5.32 Å². The SMILES string of the molecule is CN1C(=O)CC(Nc2cnccc2C(=O)O)C1=O. The van der Waals surface area contributed by atoms with Gasteiger partial charge in [-0.15, -0.1) is 0 Å². The van der Waals surface area contributed by atoms with Gasteiger partial charge in [-0.05, 0) is 6.07 Å². The molecule has 1 atom stereocenters. The summed E-state index contributed by atoms with van der Waals surface area (Å²) in [5.41, 5.74) is 0.242. The zero-order valence-corrected chi connectivity index (χ0v) is 9.58. The average molecular weight is 249 g/mol. The molecule has 7 heteroatoms. The smallest absolute Gasteiger partial charge is 0.337 e. The first kappa shape index (κ1) is 12.0. The number of carboxylic acids is 1. The van der Waals surface area contributed by atoms with Crippen LogP contribution in [0.15, 0.2) is 18.5 Å².